The van der Waals surface area contributed by atoms with Crippen molar-refractivity contribution in [2.45, 2.75) is 56.8 Å². The van der Waals surface area contributed by atoms with Crippen LogP contribution in [-0.4, -0.2) is 28.9 Å². The Hall–Kier alpha value is -3.12. The quantitative estimate of drug-likeness (QED) is 0.165. The molecule has 5 rings (SSSR count). The van der Waals surface area contributed by atoms with E-state index in [-0.39, 0.29) is 16.6 Å². The Morgan fingerprint density at radius 3 is 2.62 bits per heavy atom. The van der Waals surface area contributed by atoms with E-state index in [0.717, 1.165) is 59.2 Å². The van der Waals surface area contributed by atoms with Crippen LogP contribution < -0.4 is 0 Å². The molecule has 0 saturated heterocycles. The Morgan fingerprint density at radius 1 is 1.07 bits per heavy atom. The number of nitrogens with zero attached hydrogens (tertiary/aromatic N) is 1. The van der Waals surface area contributed by atoms with Crippen molar-refractivity contribution in [3.63, 3.8) is 0 Å². The fourth-order valence-corrected chi connectivity index (χ4v) is 7.15. The fraction of sp³-hybridized carbons (Fsp3) is 0.333. The number of methoxy groups -OCH3 is 1. The number of carbonyl (C=O) groups excluding carboxylic acids is 1. The minimum atomic E-state index is -0.898. The summed E-state index contributed by atoms with van der Waals surface area (Å²) in [7, 11) is 1.47. The first-order chi connectivity index (χ1) is 20.1. The van der Waals surface area contributed by atoms with Crippen molar-refractivity contribution in [2.24, 2.45) is 5.41 Å². The molecule has 1 N–H and O–H groups in total. The molecule has 1 saturated carbocycles. The summed E-state index contributed by atoms with van der Waals surface area (Å²) in [5.41, 5.74) is 5.41. The van der Waals surface area contributed by atoms with Crippen LogP contribution in [0.25, 0.3) is 23.1 Å². The van der Waals surface area contributed by atoms with Crippen LogP contribution in [0.3, 0.4) is 0 Å². The lowest BCUT2D eigenvalue weighted by molar-refractivity contribution is -0.141. The largest absolute Gasteiger partial charge is 0.469 e. The Bertz CT molecular complexity index is 1590. The molecular weight excluding hydrogens is 562 g/mol. The zero-order valence-electron chi connectivity index (χ0n) is 24.5. The molecule has 1 heterocycles. The molecule has 0 bridgehead atoms. The summed E-state index contributed by atoms with van der Waals surface area (Å²) in [6.45, 7) is 3.69. The number of pyridine rings is 1. The Labute approximate surface area is 258 Å². The first kappa shape index (κ1) is 30.3. The molecule has 0 aliphatic heterocycles. The molecule has 4 aromatic rings. The van der Waals surface area contributed by atoms with Crippen molar-refractivity contribution in [1.29, 1.82) is 0 Å². The summed E-state index contributed by atoms with van der Waals surface area (Å²) in [6, 6.07) is 26.7. The van der Waals surface area contributed by atoms with Crippen LogP contribution in [0, 0.1) is 5.41 Å². The fourth-order valence-electron chi connectivity index (χ4n) is 5.42. The highest BCUT2D eigenvalue weighted by Gasteiger charge is 2.45. The summed E-state index contributed by atoms with van der Waals surface area (Å²) in [5, 5.41) is 12.7. The molecule has 42 heavy (non-hydrogen) atoms. The van der Waals surface area contributed by atoms with E-state index in [4.69, 9.17) is 21.3 Å². The van der Waals surface area contributed by atoms with Gasteiger partial charge in [0.25, 0.3) is 0 Å². The molecule has 1 aliphatic carbocycles. The molecule has 4 nitrogen and oxygen atoms in total. The van der Waals surface area contributed by atoms with Gasteiger partial charge in [-0.25, -0.2) is 4.98 Å². The van der Waals surface area contributed by atoms with E-state index < -0.39 is 5.60 Å². The van der Waals surface area contributed by atoms with Gasteiger partial charge in [-0.15, -0.1) is 0 Å². The zero-order valence-corrected chi connectivity index (χ0v) is 26.0. The van der Waals surface area contributed by atoms with Crippen molar-refractivity contribution in [3.05, 3.63) is 112 Å². The standard InChI is InChI=1S/C36H38ClNO3S/c1-35(2,40)31-10-5-4-8-26(31)14-18-33(42-24-36(19-20-36)23-34(39)41-3)28-9-6-7-25(21-28)11-16-30-17-13-27-12-15-29(37)22-32(27)38-30/h4-13,15-17,21-22,33,40H,14,18-20,23-24H2,1-3H3/b16-11+. The molecule has 0 amide bonds. The van der Waals surface area contributed by atoms with Crippen LogP contribution >= 0.6 is 23.4 Å². The molecule has 3 aromatic carbocycles. The SMILES string of the molecule is COC(=O)CC1(CSC(CCc2ccccc2C(C)(C)O)c2cccc(/C=C/c3ccc4ccc(Cl)cc4n3)c2)CC1. The maximum absolute atomic E-state index is 12.1. The molecule has 1 fully saturated rings. The number of carbonyl (C=O) groups is 1. The molecule has 1 atom stereocenters. The highest BCUT2D eigenvalue weighted by molar-refractivity contribution is 7.99. The van der Waals surface area contributed by atoms with Gasteiger partial charge in [-0.1, -0.05) is 78.3 Å². The molecule has 218 valence electrons. The van der Waals surface area contributed by atoms with Gasteiger partial charge in [0.05, 0.1) is 30.3 Å². The van der Waals surface area contributed by atoms with Crippen LogP contribution in [0.15, 0.2) is 78.9 Å². The van der Waals surface area contributed by atoms with Gasteiger partial charge < -0.3 is 9.84 Å². The van der Waals surface area contributed by atoms with Crippen molar-refractivity contribution in [1.82, 2.24) is 4.98 Å². The summed E-state index contributed by atoms with van der Waals surface area (Å²) in [4.78, 5) is 16.8. The molecular formula is C36H38ClNO3S. The topological polar surface area (TPSA) is 59.4 Å². The van der Waals surface area contributed by atoms with E-state index in [9.17, 15) is 9.90 Å². The van der Waals surface area contributed by atoms with Crippen molar-refractivity contribution in [2.75, 3.05) is 12.9 Å². The van der Waals surface area contributed by atoms with Crippen LogP contribution in [0.4, 0.5) is 0 Å². The van der Waals surface area contributed by atoms with Gasteiger partial charge in [-0.05, 0) is 91.5 Å². The van der Waals surface area contributed by atoms with Gasteiger partial charge >= 0.3 is 5.97 Å². The van der Waals surface area contributed by atoms with Crippen LogP contribution in [0.5, 0.6) is 0 Å². The lowest BCUT2D eigenvalue weighted by Gasteiger charge is -2.24. The number of fused-ring (bicyclic) bond motifs is 1. The van der Waals surface area contributed by atoms with Gasteiger partial charge in [-0.2, -0.15) is 11.8 Å². The number of benzene rings is 3. The van der Waals surface area contributed by atoms with Crippen LogP contribution in [-0.2, 0) is 21.6 Å². The second kappa shape index (κ2) is 13.0. The summed E-state index contributed by atoms with van der Waals surface area (Å²) in [6.07, 6.45) is 8.53. The van der Waals surface area contributed by atoms with Gasteiger partial charge in [0.1, 0.15) is 0 Å². The number of halogens is 1. The number of thioether (sulfide) groups is 1. The first-order valence-corrected chi connectivity index (χ1v) is 15.9. The average Bonchev–Trinajstić information content (AvgIpc) is 3.74. The van der Waals surface area contributed by atoms with E-state index in [2.05, 4.69) is 42.5 Å². The lowest BCUT2D eigenvalue weighted by atomic mass is 9.90. The van der Waals surface area contributed by atoms with Gasteiger partial charge in [0, 0.05) is 21.4 Å². The molecule has 0 radical (unpaired) electrons. The van der Waals surface area contributed by atoms with E-state index in [0.29, 0.717) is 11.4 Å². The predicted molar refractivity (Wildman–Crippen MR) is 176 cm³/mol. The third-order valence-electron chi connectivity index (χ3n) is 8.05. The number of esters is 1. The molecule has 1 aliphatic rings. The van der Waals surface area contributed by atoms with Gasteiger partial charge in [0.2, 0.25) is 0 Å². The second-order valence-electron chi connectivity index (χ2n) is 11.9. The minimum Gasteiger partial charge on any atom is -0.469 e. The average molecular weight is 600 g/mol. The number of aromatic nitrogens is 1. The normalized spacial score (nSPS) is 15.2. The Morgan fingerprint density at radius 2 is 1.86 bits per heavy atom. The third-order valence-corrected chi connectivity index (χ3v) is 9.98. The van der Waals surface area contributed by atoms with Gasteiger partial charge in [-0.3, -0.25) is 4.79 Å². The summed E-state index contributed by atoms with van der Waals surface area (Å²) < 4.78 is 4.99. The Kier molecular flexibility index (Phi) is 9.41. The smallest absolute Gasteiger partial charge is 0.306 e. The van der Waals surface area contributed by atoms with Crippen LogP contribution in [0.2, 0.25) is 5.02 Å². The summed E-state index contributed by atoms with van der Waals surface area (Å²) >= 11 is 8.12. The molecule has 1 aromatic heterocycles. The monoisotopic (exact) mass is 599 g/mol. The van der Waals surface area contributed by atoms with E-state index in [1.54, 1.807) is 0 Å². The highest BCUT2D eigenvalue weighted by atomic mass is 35.5. The van der Waals surface area contributed by atoms with Crippen LogP contribution in [0.1, 0.15) is 72.7 Å². The van der Waals surface area contributed by atoms with Crippen molar-refractivity contribution in [3.8, 4) is 0 Å². The van der Waals surface area contributed by atoms with E-state index >= 15 is 0 Å². The highest BCUT2D eigenvalue weighted by Crippen LogP contribution is 2.53. The molecule has 0 spiro atoms. The third kappa shape index (κ3) is 7.83. The minimum absolute atomic E-state index is 0.0448. The maximum Gasteiger partial charge on any atom is 0.306 e. The maximum atomic E-state index is 12.1. The zero-order chi connectivity index (χ0) is 29.7. The lowest BCUT2D eigenvalue weighted by Crippen LogP contribution is -2.18. The summed E-state index contributed by atoms with van der Waals surface area (Å²) in [5.74, 6) is 0.796. The Balaban J connectivity index is 1.37. The second-order valence-corrected chi connectivity index (χ2v) is 13.5. The van der Waals surface area contributed by atoms with Crippen molar-refractivity contribution < 1.29 is 14.6 Å². The number of hydrogen-bond acceptors (Lipinski definition) is 5. The van der Waals surface area contributed by atoms with E-state index in [1.807, 2.05) is 74.1 Å². The number of aryl methyl sites for hydroxylation is 1. The van der Waals surface area contributed by atoms with Crippen molar-refractivity contribution >= 4 is 52.4 Å². The number of rotatable bonds is 12. The first-order valence-electron chi connectivity index (χ1n) is 14.5. The predicted octanol–water partition coefficient (Wildman–Crippen LogP) is 9.04. The molecule has 6 heteroatoms. The number of hydrogen-bond donors (Lipinski definition) is 1. The number of ether oxygens (including phenoxy) is 1. The van der Waals surface area contributed by atoms with Gasteiger partial charge in [0.15, 0.2) is 0 Å². The van der Waals surface area contributed by atoms with E-state index in [1.165, 1.54) is 18.2 Å². The number of aliphatic hydroxyl groups is 1. The molecule has 1 unspecified atom stereocenters.